The molecular weight excluding hydrogens is 349 g/mol. The molecule has 0 spiro atoms. The third-order valence-electron chi connectivity index (χ3n) is 5.58. The van der Waals surface area contributed by atoms with Gasteiger partial charge in [0.25, 0.3) is 5.92 Å². The summed E-state index contributed by atoms with van der Waals surface area (Å²) in [6, 6.07) is 14.5. The van der Waals surface area contributed by atoms with E-state index in [9.17, 15) is 13.2 Å². The van der Waals surface area contributed by atoms with Crippen molar-refractivity contribution in [1.82, 2.24) is 9.88 Å². The summed E-state index contributed by atoms with van der Waals surface area (Å²) in [5.41, 5.74) is 2.87. The van der Waals surface area contributed by atoms with Crippen LogP contribution in [0.5, 0.6) is 0 Å². The van der Waals surface area contributed by atoms with Crippen LogP contribution in [0.2, 0.25) is 0 Å². The summed E-state index contributed by atoms with van der Waals surface area (Å²) in [6.07, 6.45) is 2.90. The molecule has 1 saturated heterocycles. The van der Waals surface area contributed by atoms with E-state index >= 15 is 0 Å². The van der Waals surface area contributed by atoms with Gasteiger partial charge in [-0.2, -0.15) is 0 Å². The van der Waals surface area contributed by atoms with Crippen molar-refractivity contribution in [2.24, 2.45) is 5.92 Å². The van der Waals surface area contributed by atoms with E-state index in [0.29, 0.717) is 32.5 Å². The van der Waals surface area contributed by atoms with E-state index in [0.717, 1.165) is 22.0 Å². The molecule has 0 radical (unpaired) electrons. The Morgan fingerprint density at radius 3 is 2.74 bits per heavy atom. The fraction of sp³-hybridized carbons (Fsp3) is 0.364. The Hall–Kier alpha value is -2.27. The third-order valence-corrected chi connectivity index (χ3v) is 5.58. The van der Waals surface area contributed by atoms with E-state index in [2.05, 4.69) is 9.88 Å². The molecule has 1 N–H and O–H groups in total. The third kappa shape index (κ3) is 4.03. The number of halogens is 3. The number of aryl methyl sites for hydroxylation is 1. The summed E-state index contributed by atoms with van der Waals surface area (Å²) in [6.45, 7) is 1.36. The minimum Gasteiger partial charge on any atom is -0.361 e. The summed E-state index contributed by atoms with van der Waals surface area (Å²) in [5, 5.41) is 0.953. The highest BCUT2D eigenvalue weighted by atomic mass is 19.3. The highest BCUT2D eigenvalue weighted by Crippen LogP contribution is 2.37. The number of nitrogens with one attached hydrogen (secondary N) is 1. The number of rotatable bonds is 5. The average molecular weight is 372 g/mol. The highest BCUT2D eigenvalue weighted by molar-refractivity contribution is 5.83. The minimum absolute atomic E-state index is 0.108. The van der Waals surface area contributed by atoms with Gasteiger partial charge in [-0.1, -0.05) is 30.3 Å². The first-order valence-electron chi connectivity index (χ1n) is 9.41. The van der Waals surface area contributed by atoms with Gasteiger partial charge in [-0.25, -0.2) is 13.2 Å². The Morgan fingerprint density at radius 1 is 1.11 bits per heavy atom. The van der Waals surface area contributed by atoms with Crippen LogP contribution in [0.25, 0.3) is 10.9 Å². The number of alkyl halides is 2. The van der Waals surface area contributed by atoms with Crippen molar-refractivity contribution in [3.63, 3.8) is 0 Å². The topological polar surface area (TPSA) is 19.0 Å². The molecule has 1 aliphatic rings. The lowest BCUT2D eigenvalue weighted by Gasteiger charge is -2.38. The average Bonchev–Trinajstić information content (AvgIpc) is 3.04. The number of benzene rings is 2. The molecule has 1 atom stereocenters. The van der Waals surface area contributed by atoms with Crippen LogP contribution >= 0.6 is 0 Å². The number of aromatic nitrogens is 1. The lowest BCUT2D eigenvalue weighted by molar-refractivity contribution is -0.109. The first kappa shape index (κ1) is 18.1. The number of hydrogen-bond acceptors (Lipinski definition) is 1. The maximum atomic E-state index is 14.4. The van der Waals surface area contributed by atoms with Gasteiger partial charge in [-0.3, -0.25) is 4.90 Å². The zero-order valence-electron chi connectivity index (χ0n) is 15.1. The van der Waals surface area contributed by atoms with Crippen molar-refractivity contribution in [2.45, 2.75) is 31.7 Å². The Bertz CT molecular complexity index is 904. The van der Waals surface area contributed by atoms with Crippen LogP contribution < -0.4 is 0 Å². The van der Waals surface area contributed by atoms with E-state index in [1.54, 1.807) is 6.07 Å². The number of likely N-dealkylation sites (tertiary alicyclic amines) is 1. The summed E-state index contributed by atoms with van der Waals surface area (Å²) >= 11 is 0. The van der Waals surface area contributed by atoms with Crippen LogP contribution in [0.1, 0.15) is 24.0 Å². The van der Waals surface area contributed by atoms with E-state index < -0.39 is 11.8 Å². The number of H-pyrrole nitrogens is 1. The van der Waals surface area contributed by atoms with Crippen molar-refractivity contribution < 1.29 is 13.2 Å². The smallest absolute Gasteiger partial charge is 0.253 e. The molecule has 0 unspecified atom stereocenters. The lowest BCUT2D eigenvalue weighted by Crippen LogP contribution is -2.46. The molecule has 2 nitrogen and oxygen atoms in total. The van der Waals surface area contributed by atoms with Crippen LogP contribution in [0.4, 0.5) is 13.2 Å². The van der Waals surface area contributed by atoms with Gasteiger partial charge < -0.3 is 4.98 Å². The molecule has 5 heteroatoms. The maximum absolute atomic E-state index is 14.4. The van der Waals surface area contributed by atoms with Crippen LogP contribution in [0.15, 0.2) is 54.7 Å². The predicted molar refractivity (Wildman–Crippen MR) is 101 cm³/mol. The van der Waals surface area contributed by atoms with Crippen LogP contribution in [-0.4, -0.2) is 28.9 Å². The molecule has 0 aliphatic carbocycles. The molecule has 0 amide bonds. The van der Waals surface area contributed by atoms with Crippen molar-refractivity contribution >= 4 is 10.9 Å². The fourth-order valence-corrected chi connectivity index (χ4v) is 4.01. The van der Waals surface area contributed by atoms with Gasteiger partial charge >= 0.3 is 0 Å². The molecule has 142 valence electrons. The number of fused-ring (bicyclic) bond motifs is 1. The molecule has 3 aromatic rings. The molecule has 2 heterocycles. The van der Waals surface area contributed by atoms with Crippen molar-refractivity contribution in [3.05, 3.63) is 71.7 Å². The van der Waals surface area contributed by atoms with Crippen molar-refractivity contribution in [1.29, 1.82) is 0 Å². The summed E-state index contributed by atoms with van der Waals surface area (Å²) < 4.78 is 42.2. The quantitative estimate of drug-likeness (QED) is 0.636. The van der Waals surface area contributed by atoms with Crippen molar-refractivity contribution in [3.8, 4) is 0 Å². The van der Waals surface area contributed by atoms with Gasteiger partial charge in [-0.15, -0.1) is 0 Å². The molecule has 0 saturated carbocycles. The van der Waals surface area contributed by atoms with Gasteiger partial charge in [0.1, 0.15) is 5.82 Å². The minimum atomic E-state index is -2.62. The molecule has 0 bridgehead atoms. The highest BCUT2D eigenvalue weighted by Gasteiger charge is 2.43. The number of piperidine rings is 1. The lowest BCUT2D eigenvalue weighted by atomic mass is 9.88. The first-order chi connectivity index (χ1) is 13.0. The normalized spacial score (nSPS) is 20.2. The standard InChI is InChI=1S/C22H23F3N2/c23-19-8-9-20-17(13-26-21(20)12-19)14-27-11-10-22(24,25)18(15-27)7-6-16-4-2-1-3-5-16/h1-5,8-9,12-13,18,26H,6-7,10-11,14-15H2/t18-/m0/s1. The Labute approximate surface area is 157 Å². The number of hydrogen-bond donors (Lipinski definition) is 1. The Morgan fingerprint density at radius 2 is 1.93 bits per heavy atom. The van der Waals surface area contributed by atoms with Crippen LogP contribution in [-0.2, 0) is 13.0 Å². The fourth-order valence-electron chi connectivity index (χ4n) is 4.01. The Kier molecular flexibility index (Phi) is 4.96. The van der Waals surface area contributed by atoms with E-state index in [1.165, 1.54) is 12.1 Å². The van der Waals surface area contributed by atoms with Gasteiger partial charge in [0.2, 0.25) is 0 Å². The number of nitrogens with zero attached hydrogens (tertiary/aromatic N) is 1. The maximum Gasteiger partial charge on any atom is 0.253 e. The van der Waals surface area contributed by atoms with Gasteiger partial charge in [0, 0.05) is 49.1 Å². The SMILES string of the molecule is Fc1ccc2c(CN3CCC(F)(F)[C@@H](CCc4ccccc4)C3)c[nH]c2c1. The van der Waals surface area contributed by atoms with Gasteiger partial charge in [0.05, 0.1) is 0 Å². The monoisotopic (exact) mass is 372 g/mol. The van der Waals surface area contributed by atoms with E-state index in [4.69, 9.17) is 0 Å². The molecule has 4 rings (SSSR count). The number of aromatic amines is 1. The zero-order valence-corrected chi connectivity index (χ0v) is 15.1. The van der Waals surface area contributed by atoms with Gasteiger partial charge in [0.15, 0.2) is 0 Å². The van der Waals surface area contributed by atoms with Crippen molar-refractivity contribution in [2.75, 3.05) is 13.1 Å². The largest absolute Gasteiger partial charge is 0.361 e. The predicted octanol–water partition coefficient (Wildman–Crippen LogP) is 5.40. The summed E-state index contributed by atoms with van der Waals surface area (Å²) in [5.74, 6) is -3.54. The second-order valence-corrected chi connectivity index (χ2v) is 7.47. The van der Waals surface area contributed by atoms with Crippen LogP contribution in [0.3, 0.4) is 0 Å². The zero-order chi connectivity index (χ0) is 18.9. The molecule has 2 aromatic carbocycles. The van der Waals surface area contributed by atoms with E-state index in [-0.39, 0.29) is 12.2 Å². The van der Waals surface area contributed by atoms with Crippen LogP contribution in [0, 0.1) is 11.7 Å². The van der Waals surface area contributed by atoms with E-state index in [1.807, 2.05) is 36.5 Å². The summed E-state index contributed by atoms with van der Waals surface area (Å²) in [4.78, 5) is 5.17. The molecule has 27 heavy (non-hydrogen) atoms. The first-order valence-corrected chi connectivity index (χ1v) is 9.41. The van der Waals surface area contributed by atoms with Gasteiger partial charge in [-0.05, 0) is 42.2 Å². The molecule has 1 fully saturated rings. The molecule has 1 aliphatic heterocycles. The Balaban J connectivity index is 1.44. The molecule has 1 aromatic heterocycles. The second-order valence-electron chi connectivity index (χ2n) is 7.47. The second kappa shape index (κ2) is 7.39. The molecular formula is C22H23F3N2. The summed E-state index contributed by atoms with van der Waals surface area (Å²) in [7, 11) is 0.